The Hall–Kier alpha value is -2.76. The number of carbonyl (C=O) groups excluding carboxylic acids is 1. The van der Waals surface area contributed by atoms with Crippen LogP contribution < -0.4 is 4.90 Å². The Morgan fingerprint density at radius 2 is 1.88 bits per heavy atom. The largest absolute Gasteiger partial charge is 0.382 e. The van der Waals surface area contributed by atoms with Crippen molar-refractivity contribution in [2.75, 3.05) is 38.8 Å². The predicted molar refractivity (Wildman–Crippen MR) is 128 cm³/mol. The number of aliphatic hydroxyl groups is 1. The topological polar surface area (TPSA) is 75.1 Å². The molecule has 34 heavy (non-hydrogen) atoms. The zero-order valence-electron chi connectivity index (χ0n) is 19.7. The average Bonchev–Trinajstić information content (AvgIpc) is 3.20. The molecule has 0 saturated carbocycles. The summed E-state index contributed by atoms with van der Waals surface area (Å²) in [7, 11) is 3.09. The number of fused-ring (bicyclic) bond motifs is 3. The Morgan fingerprint density at radius 1 is 1.15 bits per heavy atom. The van der Waals surface area contributed by atoms with Gasteiger partial charge in [0.25, 0.3) is 5.91 Å². The van der Waals surface area contributed by atoms with Crippen LogP contribution in [0.1, 0.15) is 29.7 Å². The highest BCUT2D eigenvalue weighted by Crippen LogP contribution is 2.48. The maximum absolute atomic E-state index is 13.0. The van der Waals surface area contributed by atoms with E-state index in [2.05, 4.69) is 10.8 Å². The third-order valence-corrected chi connectivity index (χ3v) is 7.74. The number of nitrogens with zero attached hydrogens (tertiary/aromatic N) is 3. The molecule has 1 N–H and O–H groups in total. The second-order valence-electron chi connectivity index (χ2n) is 9.41. The number of piperidine rings is 3. The molecule has 4 fully saturated rings. The number of anilines is 1. The summed E-state index contributed by atoms with van der Waals surface area (Å²) in [6.45, 7) is 2.17. The normalized spacial score (nSPS) is 32.7. The van der Waals surface area contributed by atoms with Gasteiger partial charge in [0.1, 0.15) is 23.6 Å². The minimum atomic E-state index is -1.18. The molecule has 1 amide bonds. The monoisotopic (exact) mass is 461 g/mol. The minimum absolute atomic E-state index is 0.0740. The number of carbonyl (C=O) groups is 1. The van der Waals surface area contributed by atoms with Gasteiger partial charge in [-0.3, -0.25) is 14.6 Å². The summed E-state index contributed by atoms with van der Waals surface area (Å²) < 4.78 is 10.9. The Kier molecular flexibility index (Phi) is 6.17. The summed E-state index contributed by atoms with van der Waals surface area (Å²) in [6, 6.07) is 13.4. The van der Waals surface area contributed by atoms with Crippen molar-refractivity contribution in [2.24, 2.45) is 5.92 Å². The van der Waals surface area contributed by atoms with Gasteiger partial charge < -0.3 is 14.6 Å². The molecule has 7 nitrogen and oxygen atoms in total. The van der Waals surface area contributed by atoms with Gasteiger partial charge in [-0.05, 0) is 43.5 Å². The van der Waals surface area contributed by atoms with Crippen molar-refractivity contribution in [1.29, 1.82) is 0 Å². The highest BCUT2D eigenvalue weighted by Gasteiger charge is 2.54. The van der Waals surface area contributed by atoms with Gasteiger partial charge in [0, 0.05) is 26.2 Å². The molecule has 1 aromatic heterocycles. The number of methoxy groups -OCH3 is 2. The van der Waals surface area contributed by atoms with Crippen LogP contribution in [0.4, 0.5) is 5.82 Å². The van der Waals surface area contributed by atoms with Crippen molar-refractivity contribution in [1.82, 2.24) is 9.88 Å². The highest BCUT2D eigenvalue weighted by atomic mass is 16.5. The van der Waals surface area contributed by atoms with Gasteiger partial charge in [-0.1, -0.05) is 42.3 Å². The Bertz CT molecular complexity index is 1090. The molecule has 1 unspecified atom stereocenters. The van der Waals surface area contributed by atoms with Crippen LogP contribution in [0, 0.1) is 18.3 Å². The fourth-order valence-electron chi connectivity index (χ4n) is 5.96. The first-order valence-corrected chi connectivity index (χ1v) is 11.8. The molecule has 0 aliphatic carbocycles. The zero-order chi connectivity index (χ0) is 23.9. The fraction of sp³-hybridized carbons (Fsp3) is 0.481. The first kappa shape index (κ1) is 23.0. The molecule has 0 spiro atoms. The van der Waals surface area contributed by atoms with Crippen LogP contribution in [0.5, 0.6) is 0 Å². The third-order valence-electron chi connectivity index (χ3n) is 7.74. The van der Waals surface area contributed by atoms with E-state index in [1.807, 2.05) is 42.5 Å². The van der Waals surface area contributed by atoms with Crippen LogP contribution in [-0.2, 0) is 26.3 Å². The second-order valence-corrected chi connectivity index (χ2v) is 9.41. The molecule has 2 bridgehead atoms. The van der Waals surface area contributed by atoms with E-state index in [9.17, 15) is 9.90 Å². The third kappa shape index (κ3) is 3.62. The molecule has 4 saturated heterocycles. The summed E-state index contributed by atoms with van der Waals surface area (Å²) in [5.74, 6) is 3.30. The second kappa shape index (κ2) is 9.12. The SMILES string of the molecule is C#CC1N2CCC(CC2)[C@@]1(O)c1ccc(N2C[C@@H](OC)[C@@H](OC)C2=O)nc1Cc1ccccc1. The predicted octanol–water partition coefficient (Wildman–Crippen LogP) is 1.96. The van der Waals surface area contributed by atoms with Crippen molar-refractivity contribution in [2.45, 2.75) is 43.1 Å². The lowest BCUT2D eigenvalue weighted by Gasteiger charge is -2.54. The molecule has 4 aliphatic heterocycles. The molecular weight excluding hydrogens is 430 g/mol. The van der Waals surface area contributed by atoms with Crippen LogP contribution in [0.15, 0.2) is 42.5 Å². The van der Waals surface area contributed by atoms with Gasteiger partial charge in [-0.25, -0.2) is 4.98 Å². The lowest BCUT2D eigenvalue weighted by molar-refractivity contribution is -0.143. The summed E-state index contributed by atoms with van der Waals surface area (Å²) in [5, 5.41) is 12.2. The van der Waals surface area contributed by atoms with Gasteiger partial charge in [-0.15, -0.1) is 6.42 Å². The van der Waals surface area contributed by atoms with Crippen molar-refractivity contribution < 1.29 is 19.4 Å². The fourth-order valence-corrected chi connectivity index (χ4v) is 5.96. The number of terminal acetylenes is 1. The Labute approximate surface area is 200 Å². The average molecular weight is 462 g/mol. The Balaban J connectivity index is 1.59. The van der Waals surface area contributed by atoms with Crippen molar-refractivity contribution >= 4 is 11.7 Å². The van der Waals surface area contributed by atoms with Crippen LogP contribution in [0.2, 0.25) is 0 Å². The van der Waals surface area contributed by atoms with E-state index in [4.69, 9.17) is 20.9 Å². The number of benzene rings is 1. The standard InChI is InChI=1S/C27H31N3O4/c1-4-23-27(32,19-12-14-29(23)15-13-19)20-10-11-24(28-21(20)16-18-8-6-5-7-9-18)30-17-22(33-2)25(34-3)26(30)31/h1,5-11,19,22-23,25,32H,12-17H2,2-3H3/t22-,23?,25-,27-/m1/s1. The van der Waals surface area contributed by atoms with E-state index in [0.717, 1.165) is 42.8 Å². The smallest absolute Gasteiger partial charge is 0.260 e. The van der Waals surface area contributed by atoms with E-state index >= 15 is 0 Å². The number of hydrogen-bond donors (Lipinski definition) is 1. The number of ether oxygens (including phenoxy) is 2. The number of rotatable bonds is 6. The van der Waals surface area contributed by atoms with Crippen LogP contribution >= 0.6 is 0 Å². The minimum Gasteiger partial charge on any atom is -0.382 e. The highest BCUT2D eigenvalue weighted by molar-refractivity contribution is 5.99. The maximum Gasteiger partial charge on any atom is 0.260 e. The summed E-state index contributed by atoms with van der Waals surface area (Å²) in [5.41, 5.74) is 1.39. The lowest BCUT2D eigenvalue weighted by atomic mass is 9.66. The van der Waals surface area contributed by atoms with E-state index in [0.29, 0.717) is 18.8 Å². The first-order valence-electron chi connectivity index (χ1n) is 11.8. The number of pyridine rings is 1. The van der Waals surface area contributed by atoms with Gasteiger partial charge in [0.2, 0.25) is 0 Å². The number of amides is 1. The molecule has 0 radical (unpaired) electrons. The first-order chi connectivity index (χ1) is 16.5. The van der Waals surface area contributed by atoms with E-state index in [1.165, 1.54) is 7.11 Å². The van der Waals surface area contributed by atoms with Crippen LogP contribution in [0.3, 0.4) is 0 Å². The summed E-state index contributed by atoms with van der Waals surface area (Å²) >= 11 is 0. The molecule has 4 atom stereocenters. The molecular formula is C27H31N3O4. The Morgan fingerprint density at radius 3 is 2.50 bits per heavy atom. The lowest BCUT2D eigenvalue weighted by Crippen LogP contribution is -2.63. The molecule has 2 aromatic rings. The number of hydrogen-bond acceptors (Lipinski definition) is 6. The molecule has 1 aromatic carbocycles. The van der Waals surface area contributed by atoms with E-state index in [1.54, 1.807) is 12.0 Å². The molecule has 7 heteroatoms. The maximum atomic E-state index is 13.0. The number of aromatic nitrogens is 1. The van der Waals surface area contributed by atoms with Gasteiger partial charge in [-0.2, -0.15) is 0 Å². The van der Waals surface area contributed by atoms with Crippen LogP contribution in [0.25, 0.3) is 0 Å². The zero-order valence-corrected chi connectivity index (χ0v) is 19.7. The van der Waals surface area contributed by atoms with Gasteiger partial charge in [0.05, 0.1) is 12.2 Å². The molecule has 178 valence electrons. The van der Waals surface area contributed by atoms with Crippen molar-refractivity contribution in [3.8, 4) is 12.3 Å². The quantitative estimate of drug-likeness (QED) is 0.663. The summed E-state index contributed by atoms with van der Waals surface area (Å²) in [4.78, 5) is 21.8. The molecule has 6 rings (SSSR count). The van der Waals surface area contributed by atoms with Crippen molar-refractivity contribution in [3.63, 3.8) is 0 Å². The van der Waals surface area contributed by atoms with Gasteiger partial charge >= 0.3 is 0 Å². The summed E-state index contributed by atoms with van der Waals surface area (Å²) in [6.07, 6.45) is 7.26. The van der Waals surface area contributed by atoms with Crippen molar-refractivity contribution in [3.05, 3.63) is 59.3 Å². The van der Waals surface area contributed by atoms with E-state index in [-0.39, 0.29) is 17.9 Å². The van der Waals surface area contributed by atoms with E-state index < -0.39 is 17.7 Å². The van der Waals surface area contributed by atoms with Gasteiger partial charge in [0.15, 0.2) is 6.10 Å². The molecule has 4 aliphatic rings. The van der Waals surface area contributed by atoms with Crippen LogP contribution in [-0.4, -0.2) is 73.0 Å². The molecule has 5 heterocycles.